The third kappa shape index (κ3) is 3.79. The zero-order valence-electron chi connectivity index (χ0n) is 10.0. The van der Waals surface area contributed by atoms with Gasteiger partial charge in [0.1, 0.15) is 0 Å². The Balaban J connectivity index is 3.03. The van der Waals surface area contributed by atoms with Gasteiger partial charge in [-0.05, 0) is 37.3 Å². The lowest BCUT2D eigenvalue weighted by Crippen LogP contribution is -2.08. The van der Waals surface area contributed by atoms with Gasteiger partial charge in [0.15, 0.2) is 0 Å². The number of nitriles is 1. The number of benzene rings is 1. The smallest absolute Gasteiger partial charge is 0.338 e. The maximum atomic E-state index is 11.8. The van der Waals surface area contributed by atoms with Gasteiger partial charge >= 0.3 is 5.97 Å². The van der Waals surface area contributed by atoms with Gasteiger partial charge in [0, 0.05) is 11.3 Å². The number of esters is 1. The van der Waals surface area contributed by atoms with E-state index in [-0.39, 0.29) is 5.97 Å². The highest BCUT2D eigenvalue weighted by molar-refractivity contribution is 7.98. The summed E-state index contributed by atoms with van der Waals surface area (Å²) >= 11 is 1.58. The molecule has 3 nitrogen and oxygen atoms in total. The molecule has 0 aliphatic rings. The molecule has 1 rings (SSSR count). The number of rotatable bonds is 5. The Labute approximate surface area is 106 Å². The molecule has 0 aliphatic heterocycles. The third-order valence-electron chi connectivity index (χ3n) is 2.32. The molecule has 0 bridgehead atoms. The summed E-state index contributed by atoms with van der Waals surface area (Å²) < 4.78 is 5.02. The van der Waals surface area contributed by atoms with Gasteiger partial charge in [-0.3, -0.25) is 0 Å². The first-order valence-electron chi connectivity index (χ1n) is 5.44. The van der Waals surface area contributed by atoms with Crippen molar-refractivity contribution in [3.05, 3.63) is 29.3 Å². The predicted molar refractivity (Wildman–Crippen MR) is 68.1 cm³/mol. The summed E-state index contributed by atoms with van der Waals surface area (Å²) in [6.07, 6.45) is 2.95. The lowest BCUT2D eigenvalue weighted by molar-refractivity contribution is 0.0525. The van der Waals surface area contributed by atoms with Crippen LogP contribution in [0.4, 0.5) is 0 Å². The average Bonchev–Trinajstić information content (AvgIpc) is 2.36. The van der Waals surface area contributed by atoms with E-state index in [0.717, 1.165) is 10.5 Å². The van der Waals surface area contributed by atoms with E-state index in [1.807, 2.05) is 24.5 Å². The molecule has 0 saturated carbocycles. The Kier molecular flexibility index (Phi) is 5.58. The number of hydrogen-bond donors (Lipinski definition) is 0. The van der Waals surface area contributed by atoms with Crippen LogP contribution >= 0.6 is 11.8 Å². The monoisotopic (exact) mass is 249 g/mol. The molecular formula is C13H15NO2S. The van der Waals surface area contributed by atoms with Gasteiger partial charge in [0.05, 0.1) is 18.2 Å². The number of hydrogen-bond acceptors (Lipinski definition) is 4. The molecule has 1 aromatic carbocycles. The lowest BCUT2D eigenvalue weighted by atomic mass is 10.0. The van der Waals surface area contributed by atoms with Gasteiger partial charge < -0.3 is 4.74 Å². The zero-order valence-corrected chi connectivity index (χ0v) is 10.8. The van der Waals surface area contributed by atoms with Crippen LogP contribution in [0.15, 0.2) is 23.1 Å². The molecule has 0 radical (unpaired) electrons. The van der Waals surface area contributed by atoms with E-state index < -0.39 is 0 Å². The summed E-state index contributed by atoms with van der Waals surface area (Å²) in [5.41, 5.74) is 1.46. The van der Waals surface area contributed by atoms with Crippen LogP contribution in [0.25, 0.3) is 0 Å². The highest BCUT2D eigenvalue weighted by atomic mass is 32.2. The molecule has 0 fully saturated rings. The van der Waals surface area contributed by atoms with E-state index in [2.05, 4.69) is 6.07 Å². The summed E-state index contributed by atoms with van der Waals surface area (Å²) in [5.74, 6) is -0.309. The molecule has 17 heavy (non-hydrogen) atoms. The van der Waals surface area contributed by atoms with Gasteiger partial charge in [0.2, 0.25) is 0 Å². The predicted octanol–water partition coefficient (Wildman–Crippen LogP) is 3.04. The van der Waals surface area contributed by atoms with Crippen molar-refractivity contribution in [1.82, 2.24) is 0 Å². The van der Waals surface area contributed by atoms with Crippen LogP contribution in [0, 0.1) is 11.3 Å². The highest BCUT2D eigenvalue weighted by Crippen LogP contribution is 2.21. The summed E-state index contributed by atoms with van der Waals surface area (Å²) in [4.78, 5) is 12.8. The second kappa shape index (κ2) is 6.97. The van der Waals surface area contributed by atoms with E-state index >= 15 is 0 Å². The van der Waals surface area contributed by atoms with E-state index in [9.17, 15) is 4.79 Å². The van der Waals surface area contributed by atoms with Crippen LogP contribution in [0.5, 0.6) is 0 Å². The van der Waals surface area contributed by atoms with Crippen molar-refractivity contribution in [3.63, 3.8) is 0 Å². The van der Waals surface area contributed by atoms with Crippen LogP contribution in [0.3, 0.4) is 0 Å². The zero-order chi connectivity index (χ0) is 12.7. The molecule has 0 N–H and O–H groups in total. The maximum absolute atomic E-state index is 11.8. The fraction of sp³-hybridized carbons (Fsp3) is 0.385. The Morgan fingerprint density at radius 3 is 2.88 bits per heavy atom. The standard InChI is InChI=1S/C13H15NO2S/c1-3-16-13(15)12-9-11(17-2)7-6-10(12)5-4-8-14/h6-7,9H,3-5H2,1-2H3. The molecule has 0 amide bonds. The van der Waals surface area contributed by atoms with Gasteiger partial charge in [-0.15, -0.1) is 11.8 Å². The van der Waals surface area contributed by atoms with Crippen molar-refractivity contribution in [2.75, 3.05) is 12.9 Å². The number of carbonyl (C=O) groups excluding carboxylic acids is 1. The van der Waals surface area contributed by atoms with Crippen LogP contribution in [0.2, 0.25) is 0 Å². The molecule has 0 unspecified atom stereocenters. The molecule has 0 atom stereocenters. The van der Waals surface area contributed by atoms with Crippen molar-refractivity contribution in [2.45, 2.75) is 24.7 Å². The van der Waals surface area contributed by atoms with Crippen LogP contribution < -0.4 is 0 Å². The van der Waals surface area contributed by atoms with Crippen LogP contribution in [-0.2, 0) is 11.2 Å². The topological polar surface area (TPSA) is 50.1 Å². The Morgan fingerprint density at radius 1 is 1.53 bits per heavy atom. The molecule has 90 valence electrons. The van der Waals surface area contributed by atoms with Crippen molar-refractivity contribution in [1.29, 1.82) is 5.26 Å². The fourth-order valence-corrected chi connectivity index (χ4v) is 1.93. The van der Waals surface area contributed by atoms with Gasteiger partial charge in [0.25, 0.3) is 0 Å². The second-order valence-corrected chi connectivity index (χ2v) is 4.28. The molecule has 0 aliphatic carbocycles. The van der Waals surface area contributed by atoms with E-state index in [1.54, 1.807) is 18.7 Å². The largest absolute Gasteiger partial charge is 0.462 e. The Bertz CT molecular complexity index is 438. The molecular weight excluding hydrogens is 234 g/mol. The Morgan fingerprint density at radius 2 is 2.29 bits per heavy atom. The number of aryl methyl sites for hydroxylation is 1. The first-order chi connectivity index (χ1) is 8.22. The van der Waals surface area contributed by atoms with Crippen LogP contribution in [-0.4, -0.2) is 18.8 Å². The molecule has 1 aromatic rings. The average molecular weight is 249 g/mol. The first-order valence-corrected chi connectivity index (χ1v) is 6.66. The Hall–Kier alpha value is -1.47. The van der Waals surface area contributed by atoms with E-state index in [0.29, 0.717) is 25.0 Å². The van der Waals surface area contributed by atoms with E-state index in [1.165, 1.54) is 0 Å². The molecule has 0 aromatic heterocycles. The number of carbonyl (C=O) groups is 1. The van der Waals surface area contributed by atoms with Gasteiger partial charge in [-0.25, -0.2) is 4.79 Å². The minimum Gasteiger partial charge on any atom is -0.462 e. The number of nitrogens with zero attached hydrogens (tertiary/aromatic N) is 1. The second-order valence-electron chi connectivity index (χ2n) is 3.40. The van der Waals surface area contributed by atoms with Crippen LogP contribution in [0.1, 0.15) is 29.3 Å². The van der Waals surface area contributed by atoms with Crippen molar-refractivity contribution >= 4 is 17.7 Å². The summed E-state index contributed by atoms with van der Waals surface area (Å²) in [6.45, 7) is 2.14. The van der Waals surface area contributed by atoms with Crippen molar-refractivity contribution in [3.8, 4) is 6.07 Å². The first kappa shape index (κ1) is 13.6. The molecule has 4 heteroatoms. The summed E-state index contributed by atoms with van der Waals surface area (Å²) in [5, 5.41) is 8.59. The highest BCUT2D eigenvalue weighted by Gasteiger charge is 2.13. The van der Waals surface area contributed by atoms with E-state index in [4.69, 9.17) is 10.00 Å². The minimum atomic E-state index is -0.309. The summed E-state index contributed by atoms with van der Waals surface area (Å²) in [7, 11) is 0. The summed E-state index contributed by atoms with van der Waals surface area (Å²) in [6, 6.07) is 7.77. The maximum Gasteiger partial charge on any atom is 0.338 e. The quantitative estimate of drug-likeness (QED) is 0.594. The van der Waals surface area contributed by atoms with Crippen molar-refractivity contribution in [2.24, 2.45) is 0 Å². The third-order valence-corrected chi connectivity index (χ3v) is 3.04. The minimum absolute atomic E-state index is 0.309. The number of thioether (sulfide) groups is 1. The molecule has 0 heterocycles. The number of ether oxygens (including phenoxy) is 1. The fourth-order valence-electron chi connectivity index (χ4n) is 1.49. The normalized spacial score (nSPS) is 9.71. The molecule has 0 saturated heterocycles. The van der Waals surface area contributed by atoms with Crippen molar-refractivity contribution < 1.29 is 9.53 Å². The van der Waals surface area contributed by atoms with Gasteiger partial charge in [-0.2, -0.15) is 5.26 Å². The lowest BCUT2D eigenvalue weighted by Gasteiger charge is -2.09. The molecule has 0 spiro atoms. The van der Waals surface area contributed by atoms with Gasteiger partial charge in [-0.1, -0.05) is 6.07 Å². The SMILES string of the molecule is CCOC(=O)c1cc(SC)ccc1CCC#N.